The van der Waals surface area contributed by atoms with Crippen molar-refractivity contribution in [2.24, 2.45) is 0 Å². The Kier molecular flexibility index (Phi) is 5.73. The standard InChI is InChI=1S/C23H23N3O5/c1-15-19(21(27)25-10-12-31-13-11-25)20(16-6-3-2-4-7-16)24-23(30)26(15)18-9-5-8-17(14-18)22(28)29/h2-9,14,20H,10-13H2,1H3,(H,24,30)(H,28,29). The van der Waals surface area contributed by atoms with E-state index in [-0.39, 0.29) is 11.5 Å². The summed E-state index contributed by atoms with van der Waals surface area (Å²) >= 11 is 0. The van der Waals surface area contributed by atoms with E-state index < -0.39 is 18.0 Å². The van der Waals surface area contributed by atoms with Crippen molar-refractivity contribution in [3.8, 4) is 0 Å². The third kappa shape index (κ3) is 4.02. The molecule has 0 radical (unpaired) electrons. The van der Waals surface area contributed by atoms with Crippen LogP contribution >= 0.6 is 0 Å². The van der Waals surface area contributed by atoms with Crippen LogP contribution in [0.4, 0.5) is 10.5 Å². The molecule has 2 heterocycles. The lowest BCUT2D eigenvalue weighted by molar-refractivity contribution is -0.131. The number of hydrogen-bond acceptors (Lipinski definition) is 4. The summed E-state index contributed by atoms with van der Waals surface area (Å²) in [4.78, 5) is 41.1. The van der Waals surface area contributed by atoms with Crippen LogP contribution in [-0.4, -0.2) is 54.2 Å². The Morgan fingerprint density at radius 3 is 2.45 bits per heavy atom. The fourth-order valence-corrected chi connectivity index (χ4v) is 3.94. The third-order valence-corrected chi connectivity index (χ3v) is 5.50. The van der Waals surface area contributed by atoms with Crippen molar-refractivity contribution in [2.75, 3.05) is 31.2 Å². The summed E-state index contributed by atoms with van der Waals surface area (Å²) in [5.74, 6) is -1.26. The molecule has 3 amide bonds. The van der Waals surface area contributed by atoms with Crippen molar-refractivity contribution >= 4 is 23.6 Å². The van der Waals surface area contributed by atoms with Gasteiger partial charge in [0.2, 0.25) is 0 Å². The van der Waals surface area contributed by atoms with Crippen LogP contribution in [0.5, 0.6) is 0 Å². The maximum absolute atomic E-state index is 13.5. The van der Waals surface area contributed by atoms with Gasteiger partial charge in [0.05, 0.1) is 36.1 Å². The minimum absolute atomic E-state index is 0.0596. The fraction of sp³-hybridized carbons (Fsp3) is 0.261. The molecule has 4 rings (SSSR count). The number of morpholine rings is 1. The van der Waals surface area contributed by atoms with Crippen LogP contribution in [0.15, 0.2) is 65.9 Å². The highest BCUT2D eigenvalue weighted by atomic mass is 16.5. The van der Waals surface area contributed by atoms with Gasteiger partial charge in [-0.2, -0.15) is 0 Å². The van der Waals surface area contributed by atoms with Crippen molar-refractivity contribution in [3.63, 3.8) is 0 Å². The van der Waals surface area contributed by atoms with Gasteiger partial charge in [-0.25, -0.2) is 9.59 Å². The van der Waals surface area contributed by atoms with Gasteiger partial charge in [-0.15, -0.1) is 0 Å². The maximum Gasteiger partial charge on any atom is 0.335 e. The average Bonchev–Trinajstić information content (AvgIpc) is 2.79. The highest BCUT2D eigenvalue weighted by Crippen LogP contribution is 2.34. The molecule has 2 aromatic carbocycles. The number of carbonyl (C=O) groups excluding carboxylic acids is 2. The predicted molar refractivity (Wildman–Crippen MR) is 114 cm³/mol. The molecule has 0 spiro atoms. The van der Waals surface area contributed by atoms with Gasteiger partial charge in [0.15, 0.2) is 0 Å². The van der Waals surface area contributed by atoms with E-state index >= 15 is 0 Å². The van der Waals surface area contributed by atoms with Gasteiger partial charge in [-0.1, -0.05) is 36.4 Å². The first-order chi connectivity index (χ1) is 15.0. The van der Waals surface area contributed by atoms with Crippen LogP contribution in [0.3, 0.4) is 0 Å². The van der Waals surface area contributed by atoms with Gasteiger partial charge in [-0.05, 0) is 30.7 Å². The third-order valence-electron chi connectivity index (χ3n) is 5.50. The zero-order valence-corrected chi connectivity index (χ0v) is 17.1. The molecule has 2 aromatic rings. The van der Waals surface area contributed by atoms with E-state index in [1.807, 2.05) is 30.3 Å². The predicted octanol–water partition coefficient (Wildman–Crippen LogP) is 2.79. The summed E-state index contributed by atoms with van der Waals surface area (Å²) in [6.07, 6.45) is 0. The van der Waals surface area contributed by atoms with E-state index in [9.17, 15) is 19.5 Å². The quantitative estimate of drug-likeness (QED) is 0.791. The Balaban J connectivity index is 1.82. The number of aromatic carboxylic acids is 1. The topological polar surface area (TPSA) is 99.2 Å². The number of urea groups is 1. The second kappa shape index (κ2) is 8.61. The SMILES string of the molecule is CC1=C(C(=O)N2CCOCC2)C(c2ccccc2)NC(=O)N1c1cccc(C(=O)O)c1. The molecule has 31 heavy (non-hydrogen) atoms. The van der Waals surface area contributed by atoms with Gasteiger partial charge < -0.3 is 20.1 Å². The molecule has 0 aromatic heterocycles. The van der Waals surface area contributed by atoms with Gasteiger partial charge >= 0.3 is 12.0 Å². The normalized spacial score (nSPS) is 19.3. The molecule has 2 aliphatic heterocycles. The molecule has 0 saturated carbocycles. The smallest absolute Gasteiger partial charge is 0.335 e. The lowest BCUT2D eigenvalue weighted by atomic mass is 9.93. The minimum Gasteiger partial charge on any atom is -0.478 e. The van der Waals surface area contributed by atoms with Crippen molar-refractivity contribution < 1.29 is 24.2 Å². The Morgan fingerprint density at radius 2 is 1.77 bits per heavy atom. The van der Waals surface area contributed by atoms with E-state index in [1.165, 1.54) is 17.0 Å². The van der Waals surface area contributed by atoms with Crippen molar-refractivity contribution in [1.82, 2.24) is 10.2 Å². The highest BCUT2D eigenvalue weighted by Gasteiger charge is 2.38. The minimum atomic E-state index is -1.09. The number of carboxylic acids is 1. The Bertz CT molecular complexity index is 1040. The highest BCUT2D eigenvalue weighted by molar-refractivity contribution is 6.05. The molecule has 0 bridgehead atoms. The summed E-state index contributed by atoms with van der Waals surface area (Å²) in [6.45, 7) is 3.59. The number of nitrogens with zero attached hydrogens (tertiary/aromatic N) is 2. The molecule has 1 atom stereocenters. The van der Waals surface area contributed by atoms with Gasteiger partial charge in [-0.3, -0.25) is 9.69 Å². The summed E-state index contributed by atoms with van der Waals surface area (Å²) in [5.41, 5.74) is 2.16. The van der Waals surface area contributed by atoms with Crippen LogP contribution < -0.4 is 10.2 Å². The van der Waals surface area contributed by atoms with Gasteiger partial charge in [0.25, 0.3) is 5.91 Å². The molecule has 1 fully saturated rings. The molecule has 2 aliphatic rings. The summed E-state index contributed by atoms with van der Waals surface area (Å²) in [5, 5.41) is 12.3. The zero-order chi connectivity index (χ0) is 22.0. The molecule has 2 N–H and O–H groups in total. The van der Waals surface area contributed by atoms with E-state index in [0.717, 1.165) is 5.56 Å². The molecule has 8 heteroatoms. The first-order valence-electron chi connectivity index (χ1n) is 10.0. The van der Waals surface area contributed by atoms with E-state index in [0.29, 0.717) is 43.3 Å². The summed E-state index contributed by atoms with van der Waals surface area (Å²) in [7, 11) is 0. The number of allylic oxidation sites excluding steroid dienone is 1. The van der Waals surface area contributed by atoms with E-state index in [1.54, 1.807) is 24.0 Å². The number of carboxylic acid groups (broad SMARTS) is 1. The Labute approximate surface area is 179 Å². The Morgan fingerprint density at radius 1 is 1.06 bits per heavy atom. The number of rotatable bonds is 4. The molecular weight excluding hydrogens is 398 g/mol. The Hall–Kier alpha value is -3.65. The largest absolute Gasteiger partial charge is 0.478 e. The molecule has 1 unspecified atom stereocenters. The number of carbonyl (C=O) groups is 3. The van der Waals surface area contributed by atoms with Crippen LogP contribution in [0, 0.1) is 0 Å². The molecule has 1 saturated heterocycles. The summed E-state index contributed by atoms with van der Waals surface area (Å²) in [6, 6.07) is 14.4. The zero-order valence-electron chi connectivity index (χ0n) is 17.1. The number of amides is 3. The monoisotopic (exact) mass is 421 g/mol. The molecule has 160 valence electrons. The number of hydrogen-bond donors (Lipinski definition) is 2. The lowest BCUT2D eigenvalue weighted by Crippen LogP contribution is -2.51. The van der Waals surface area contributed by atoms with Crippen LogP contribution in [0.1, 0.15) is 28.9 Å². The molecular formula is C23H23N3O5. The maximum atomic E-state index is 13.5. The van der Waals surface area contributed by atoms with Crippen molar-refractivity contribution in [3.05, 3.63) is 77.0 Å². The van der Waals surface area contributed by atoms with Gasteiger partial charge in [0.1, 0.15) is 0 Å². The fourth-order valence-electron chi connectivity index (χ4n) is 3.94. The van der Waals surface area contributed by atoms with Crippen LogP contribution in [0.2, 0.25) is 0 Å². The second-order valence-electron chi connectivity index (χ2n) is 7.39. The first-order valence-corrected chi connectivity index (χ1v) is 10.0. The molecule has 0 aliphatic carbocycles. The van der Waals surface area contributed by atoms with E-state index in [4.69, 9.17) is 4.74 Å². The molecule has 8 nitrogen and oxygen atoms in total. The van der Waals surface area contributed by atoms with Crippen molar-refractivity contribution in [2.45, 2.75) is 13.0 Å². The first kappa shape index (κ1) is 20.6. The average molecular weight is 421 g/mol. The number of benzene rings is 2. The number of anilines is 1. The van der Waals surface area contributed by atoms with Crippen LogP contribution in [0.25, 0.3) is 0 Å². The van der Waals surface area contributed by atoms with Crippen LogP contribution in [-0.2, 0) is 9.53 Å². The van der Waals surface area contributed by atoms with Crippen molar-refractivity contribution in [1.29, 1.82) is 0 Å². The summed E-state index contributed by atoms with van der Waals surface area (Å²) < 4.78 is 5.37. The lowest BCUT2D eigenvalue weighted by Gasteiger charge is -2.38. The van der Waals surface area contributed by atoms with E-state index in [2.05, 4.69) is 5.32 Å². The number of ether oxygens (including phenoxy) is 1. The van der Waals surface area contributed by atoms with Gasteiger partial charge in [0, 0.05) is 18.8 Å². The second-order valence-corrected chi connectivity index (χ2v) is 7.39. The number of nitrogens with one attached hydrogen (secondary N) is 1.